The van der Waals surface area contributed by atoms with E-state index in [-0.39, 0.29) is 118 Å². The van der Waals surface area contributed by atoms with Crippen molar-refractivity contribution in [1.82, 2.24) is 0 Å². The van der Waals surface area contributed by atoms with Crippen LogP contribution in [0.15, 0.2) is 0 Å². The second-order valence-electron chi connectivity index (χ2n) is 0.448. The zero-order valence-electron chi connectivity index (χ0n) is 2.62. The van der Waals surface area contributed by atoms with Crippen molar-refractivity contribution in [2.75, 3.05) is 0 Å². The smallest absolute Gasteiger partial charge is 0.316 e. The molecule has 0 aromatic rings. The second-order valence-corrected chi connectivity index (χ2v) is 1.34. The van der Waals surface area contributed by atoms with Crippen molar-refractivity contribution < 1.29 is 23.0 Å². The minimum Gasteiger partial charge on any atom is 0.316 e. The van der Waals surface area contributed by atoms with Crippen molar-refractivity contribution in [2.45, 2.75) is 0 Å². The van der Waals surface area contributed by atoms with Crippen LogP contribution < -0.4 is 0 Å². The average Bonchev–Trinajstić information content (AvgIpc) is 0.722. The van der Waals surface area contributed by atoms with Crippen molar-refractivity contribution in [3.8, 4) is 0 Å². The molecule has 0 radical (unpaired) electrons. The van der Waals surface area contributed by atoms with E-state index in [1.165, 1.54) is 0 Å². The molecule has 5 nitrogen and oxygen atoms in total. The van der Waals surface area contributed by atoms with Crippen LogP contribution in [0, 0.1) is 0 Å². The van der Waals surface area contributed by atoms with Gasteiger partial charge in [0.25, 0.3) is 0 Å². The molecule has 0 fully saturated rings. The Hall–Kier alpha value is 3.49. The molecule has 0 atom stereocenters. The Morgan fingerprint density at radius 1 is 1.11 bits per heavy atom. The first-order valence-electron chi connectivity index (χ1n) is 0.698. The van der Waals surface area contributed by atoms with Crippen LogP contribution in [-0.2, 0) is 10.4 Å². The minimum absolute atomic E-state index is 0. The Kier molecular flexibility index (Phi) is 45.9. The van der Waals surface area contributed by atoms with Gasteiger partial charge in [0, 0.05) is 0 Å². The van der Waals surface area contributed by atoms with Crippen LogP contribution >= 0.6 is 0 Å². The Labute approximate surface area is 142 Å². The van der Waals surface area contributed by atoms with Gasteiger partial charge >= 0.3 is 123 Å². The van der Waals surface area contributed by atoms with Crippen molar-refractivity contribution >= 4 is 123 Å². The fourth-order valence-electron chi connectivity index (χ4n) is 0. The summed E-state index contributed by atoms with van der Waals surface area (Å²) in [6.45, 7) is 0. The molecule has 9 heavy (non-hydrogen) atoms. The first-order chi connectivity index (χ1) is 2.00. The molecule has 50 valence electrons. The maximum atomic E-state index is 8.74. The van der Waals surface area contributed by atoms with E-state index in [2.05, 4.69) is 0 Å². The molecule has 0 aromatic heterocycles. The molecule has 0 spiro atoms. The Bertz CT molecular complexity index is 100. The molecular formula is H9CaKMgO5S. The van der Waals surface area contributed by atoms with E-state index in [0.717, 1.165) is 0 Å². The fourth-order valence-corrected chi connectivity index (χ4v) is 0. The molecule has 0 aliphatic rings. The van der Waals surface area contributed by atoms with E-state index in [1.807, 2.05) is 0 Å². The van der Waals surface area contributed by atoms with Crippen LogP contribution in [0.2, 0.25) is 0 Å². The molecule has 0 unspecified atom stereocenters. The molecular weight excluding hydrogens is 216 g/mol. The number of hydrogen-bond donors (Lipinski definition) is 2. The Morgan fingerprint density at radius 2 is 1.11 bits per heavy atom. The molecule has 0 aliphatic heterocycles. The van der Waals surface area contributed by atoms with Gasteiger partial charge in [0.1, 0.15) is 0 Å². The average molecular weight is 225 g/mol. The van der Waals surface area contributed by atoms with Crippen molar-refractivity contribution in [3.63, 3.8) is 0 Å². The normalized spacial score (nSPS) is 6.44. The van der Waals surface area contributed by atoms with Gasteiger partial charge in [-0.05, 0) is 0 Å². The molecule has 0 saturated heterocycles. The Balaban J connectivity index is -0.0000000133. The van der Waals surface area contributed by atoms with Crippen LogP contribution in [0.3, 0.4) is 0 Å². The van der Waals surface area contributed by atoms with Gasteiger partial charge in [-0.3, -0.25) is 9.11 Å². The van der Waals surface area contributed by atoms with Gasteiger partial charge in [0.15, 0.2) is 0 Å². The third kappa shape index (κ3) is 84.9. The number of hydrogen-bond acceptors (Lipinski definition) is 2. The predicted octanol–water partition coefficient (Wildman–Crippen LogP) is -3.96. The van der Waals surface area contributed by atoms with E-state index in [0.29, 0.717) is 0 Å². The second kappa shape index (κ2) is 14.0. The first-order valence-corrected chi connectivity index (χ1v) is 2.10. The molecule has 0 heterocycles. The van der Waals surface area contributed by atoms with E-state index >= 15 is 0 Å². The summed E-state index contributed by atoms with van der Waals surface area (Å²) >= 11 is 0. The monoisotopic (exact) mass is 224 g/mol. The van der Waals surface area contributed by atoms with Crippen LogP contribution in [0.4, 0.5) is 0 Å². The topological polar surface area (TPSA) is 106 Å². The summed E-state index contributed by atoms with van der Waals surface area (Å²) in [5.41, 5.74) is 0. The standard InChI is InChI=1S/Ca.K.Mg.H2O4S.H2O.5H/c;;;1-5(2,3)4;;;;;;/h;;;(H2,1,2,3,4);1H2;;;;;. The first kappa shape index (κ1) is 29.4. The van der Waals surface area contributed by atoms with Gasteiger partial charge in [-0.2, -0.15) is 8.42 Å². The summed E-state index contributed by atoms with van der Waals surface area (Å²) < 4.78 is 31.6. The van der Waals surface area contributed by atoms with Crippen LogP contribution in [0.1, 0.15) is 0 Å². The van der Waals surface area contributed by atoms with Gasteiger partial charge in [-0.1, -0.05) is 0 Å². The maximum absolute atomic E-state index is 8.74. The van der Waals surface area contributed by atoms with Gasteiger partial charge in [-0.25, -0.2) is 0 Å². The number of rotatable bonds is 0. The molecule has 0 amide bonds. The molecule has 0 rings (SSSR count). The quantitative estimate of drug-likeness (QED) is 0.323. The summed E-state index contributed by atoms with van der Waals surface area (Å²) in [5.74, 6) is 0. The summed E-state index contributed by atoms with van der Waals surface area (Å²) in [6.07, 6.45) is 0. The summed E-state index contributed by atoms with van der Waals surface area (Å²) in [5, 5.41) is 0. The zero-order chi connectivity index (χ0) is 4.50. The minimum atomic E-state index is -4.67. The van der Waals surface area contributed by atoms with Gasteiger partial charge in [-0.15, -0.1) is 0 Å². The molecule has 4 N–H and O–H groups in total. The van der Waals surface area contributed by atoms with Crippen LogP contribution in [-0.4, -0.2) is 135 Å². The summed E-state index contributed by atoms with van der Waals surface area (Å²) in [6, 6.07) is 0. The van der Waals surface area contributed by atoms with Crippen LogP contribution in [0.25, 0.3) is 0 Å². The van der Waals surface area contributed by atoms with Gasteiger partial charge in [0.2, 0.25) is 0 Å². The van der Waals surface area contributed by atoms with E-state index in [9.17, 15) is 0 Å². The predicted molar refractivity (Wildman–Crippen MR) is 42.0 cm³/mol. The molecule has 0 bridgehead atoms. The van der Waals surface area contributed by atoms with Gasteiger partial charge in [0.05, 0.1) is 0 Å². The maximum Gasteiger partial charge on any atom is 0.316 e. The zero-order valence-corrected chi connectivity index (χ0v) is 3.44. The molecule has 0 aliphatic carbocycles. The molecule has 9 heteroatoms. The van der Waals surface area contributed by atoms with Crippen molar-refractivity contribution in [1.29, 1.82) is 0 Å². The third-order valence-electron chi connectivity index (χ3n) is 0. The van der Waals surface area contributed by atoms with E-state index in [1.54, 1.807) is 0 Å². The van der Waals surface area contributed by atoms with Crippen molar-refractivity contribution in [2.24, 2.45) is 0 Å². The van der Waals surface area contributed by atoms with E-state index < -0.39 is 10.4 Å². The Morgan fingerprint density at radius 3 is 1.11 bits per heavy atom. The van der Waals surface area contributed by atoms with E-state index in [4.69, 9.17) is 17.5 Å². The fraction of sp³-hybridized carbons (Fsp3) is 0. The SMILES string of the molecule is O.O=S(=O)(O)O.[CaH2].[KH].[MgH2]. The van der Waals surface area contributed by atoms with Gasteiger partial charge < -0.3 is 5.48 Å². The summed E-state index contributed by atoms with van der Waals surface area (Å²) in [4.78, 5) is 0. The summed E-state index contributed by atoms with van der Waals surface area (Å²) in [7, 11) is -4.67. The largest absolute Gasteiger partial charge is 0.316 e. The van der Waals surface area contributed by atoms with Crippen molar-refractivity contribution in [3.05, 3.63) is 0 Å². The van der Waals surface area contributed by atoms with Crippen LogP contribution in [0.5, 0.6) is 0 Å². The third-order valence-corrected chi connectivity index (χ3v) is 0. The molecule has 0 aromatic carbocycles. The molecule has 0 saturated carbocycles.